The van der Waals surface area contributed by atoms with Gasteiger partial charge in [-0.3, -0.25) is 14.9 Å². The number of carboxylic acid groups (broad SMARTS) is 1. The van der Waals surface area contributed by atoms with Crippen LogP contribution in [0.15, 0.2) is 58.0 Å². The summed E-state index contributed by atoms with van der Waals surface area (Å²) in [7, 11) is 0. The summed E-state index contributed by atoms with van der Waals surface area (Å²) in [6.45, 7) is 5.53. The van der Waals surface area contributed by atoms with E-state index in [-0.39, 0.29) is 10.5 Å². The number of nitrogens with one attached hydrogen (secondary N) is 1. The molecule has 2 aromatic heterocycles. The molecule has 1 saturated heterocycles. The first-order chi connectivity index (χ1) is 19.2. The van der Waals surface area contributed by atoms with E-state index in [1.807, 2.05) is 47.1 Å². The van der Waals surface area contributed by atoms with E-state index in [1.54, 1.807) is 17.6 Å². The highest BCUT2D eigenvalue weighted by atomic mass is 32.1. The molecule has 0 saturated carbocycles. The number of carbonyl (C=O) groups excluding carboxylic acids is 1. The van der Waals surface area contributed by atoms with Crippen LogP contribution < -0.4 is 15.6 Å². The Labute approximate surface area is 233 Å². The predicted molar refractivity (Wildman–Crippen MR) is 151 cm³/mol. The second-order valence-corrected chi connectivity index (χ2v) is 9.73. The van der Waals surface area contributed by atoms with Gasteiger partial charge in [-0.2, -0.15) is 0 Å². The van der Waals surface area contributed by atoms with Crippen molar-refractivity contribution in [2.24, 2.45) is 0 Å². The number of aromatic nitrogens is 2. The molecule has 10 nitrogen and oxygen atoms in total. The fraction of sp³-hybridized carbons (Fsp3) is 0.250. The summed E-state index contributed by atoms with van der Waals surface area (Å²) < 4.78 is 22.1. The van der Waals surface area contributed by atoms with Crippen LogP contribution >= 0.6 is 12.2 Å². The number of aromatic carboxylic acids is 1. The van der Waals surface area contributed by atoms with Crippen molar-refractivity contribution < 1.29 is 23.6 Å². The minimum absolute atomic E-state index is 0.0180. The number of benzene rings is 2. The summed E-state index contributed by atoms with van der Waals surface area (Å²) in [5.41, 5.74) is 1.12. The van der Waals surface area contributed by atoms with Gasteiger partial charge in [-0.15, -0.1) is 0 Å². The van der Waals surface area contributed by atoms with Gasteiger partial charge in [0.2, 0.25) is 5.43 Å². The number of halogens is 1. The molecular weight excluding hydrogens is 537 g/mol. The number of amides is 1. The molecule has 2 aromatic carbocycles. The van der Waals surface area contributed by atoms with Gasteiger partial charge in [-0.05, 0) is 38.2 Å². The van der Waals surface area contributed by atoms with Gasteiger partial charge in [0.25, 0.3) is 5.91 Å². The van der Waals surface area contributed by atoms with E-state index in [0.717, 1.165) is 11.6 Å². The Balaban J connectivity index is 1.31. The maximum Gasteiger partial charge on any atom is 0.341 e. The van der Waals surface area contributed by atoms with Crippen LogP contribution in [0.5, 0.6) is 0 Å². The standard InChI is InChI=1S/C28H26FN5O5S/c1-3-32-15-19(27(37)38)25(35)18-13-20(29)22(14-21(18)32)33-9-11-34(12-10-33)28(40)30-26(36)23-16(2)39-31-24(23)17-7-5-4-6-8-17/h4-8,13-15H,3,9-12H2,1-2H3,(H,37,38)(H,30,36,40). The minimum atomic E-state index is -1.35. The van der Waals surface area contributed by atoms with Crippen LogP contribution in [0.3, 0.4) is 0 Å². The molecule has 3 heterocycles. The molecule has 0 aliphatic carbocycles. The number of hydrogen-bond donors (Lipinski definition) is 2. The number of rotatable bonds is 5. The summed E-state index contributed by atoms with van der Waals surface area (Å²) in [6.07, 6.45) is 1.29. The summed E-state index contributed by atoms with van der Waals surface area (Å²) in [4.78, 5) is 40.9. The molecule has 0 unspecified atom stereocenters. The third kappa shape index (κ3) is 4.93. The number of aryl methyl sites for hydroxylation is 2. The molecule has 0 bridgehead atoms. The largest absolute Gasteiger partial charge is 0.477 e. The molecule has 12 heteroatoms. The summed E-state index contributed by atoms with van der Waals surface area (Å²) in [6, 6.07) is 11.9. The van der Waals surface area contributed by atoms with Crippen molar-refractivity contribution in [2.45, 2.75) is 20.4 Å². The lowest BCUT2D eigenvalue weighted by molar-refractivity contribution is 0.0694. The molecule has 1 aliphatic rings. The van der Waals surface area contributed by atoms with Crippen LogP contribution in [-0.2, 0) is 6.54 Å². The lowest BCUT2D eigenvalue weighted by Crippen LogP contribution is -2.53. The van der Waals surface area contributed by atoms with E-state index in [4.69, 9.17) is 16.7 Å². The van der Waals surface area contributed by atoms with Crippen LogP contribution in [0, 0.1) is 12.7 Å². The first-order valence-corrected chi connectivity index (χ1v) is 13.1. The van der Waals surface area contributed by atoms with Gasteiger partial charge >= 0.3 is 5.97 Å². The van der Waals surface area contributed by atoms with Crippen LogP contribution in [0.2, 0.25) is 0 Å². The maximum atomic E-state index is 15.2. The Kier molecular flexibility index (Phi) is 7.35. The lowest BCUT2D eigenvalue weighted by Gasteiger charge is -2.37. The second kappa shape index (κ2) is 10.9. The third-order valence-electron chi connectivity index (χ3n) is 6.98. The van der Waals surface area contributed by atoms with E-state index in [9.17, 15) is 19.5 Å². The van der Waals surface area contributed by atoms with E-state index in [1.165, 1.54) is 6.20 Å². The number of carbonyl (C=O) groups is 2. The van der Waals surface area contributed by atoms with Crippen molar-refractivity contribution in [1.29, 1.82) is 0 Å². The highest BCUT2D eigenvalue weighted by Crippen LogP contribution is 2.27. The first-order valence-electron chi connectivity index (χ1n) is 12.7. The Morgan fingerprint density at radius 3 is 2.50 bits per heavy atom. The number of anilines is 1. The molecule has 0 atom stereocenters. The molecule has 5 rings (SSSR count). The molecular formula is C28H26FN5O5S. The summed E-state index contributed by atoms with van der Waals surface area (Å²) >= 11 is 5.52. The van der Waals surface area contributed by atoms with Crippen LogP contribution in [0.1, 0.15) is 33.4 Å². The SMILES string of the molecule is CCn1cc(C(=O)O)c(=O)c2cc(F)c(N3CCN(C(=S)NC(=O)c4c(-c5ccccc5)noc4C)CC3)cc21. The fourth-order valence-electron chi connectivity index (χ4n) is 4.88. The van der Waals surface area contributed by atoms with Crippen molar-refractivity contribution in [3.05, 3.63) is 81.6 Å². The van der Waals surface area contributed by atoms with Crippen LogP contribution in [0.25, 0.3) is 22.2 Å². The van der Waals surface area contributed by atoms with Crippen molar-refractivity contribution in [2.75, 3.05) is 31.1 Å². The molecule has 40 heavy (non-hydrogen) atoms. The van der Waals surface area contributed by atoms with E-state index < -0.39 is 28.7 Å². The molecule has 1 aliphatic heterocycles. The van der Waals surface area contributed by atoms with Gasteiger partial charge in [-0.25, -0.2) is 9.18 Å². The number of nitrogens with zero attached hydrogens (tertiary/aromatic N) is 4. The van der Waals surface area contributed by atoms with Crippen molar-refractivity contribution in [1.82, 2.24) is 19.9 Å². The number of hydrogen-bond acceptors (Lipinski definition) is 7. The minimum Gasteiger partial charge on any atom is -0.477 e. The highest BCUT2D eigenvalue weighted by molar-refractivity contribution is 7.80. The average Bonchev–Trinajstić information content (AvgIpc) is 3.35. The van der Waals surface area contributed by atoms with E-state index in [0.29, 0.717) is 60.9 Å². The monoisotopic (exact) mass is 563 g/mol. The number of pyridine rings is 1. The van der Waals surface area contributed by atoms with Crippen LogP contribution in [-0.4, -0.2) is 62.9 Å². The van der Waals surface area contributed by atoms with Gasteiger partial charge in [0.05, 0.1) is 11.2 Å². The van der Waals surface area contributed by atoms with E-state index in [2.05, 4.69) is 10.5 Å². The first kappa shape index (κ1) is 27.0. The predicted octanol–water partition coefficient (Wildman–Crippen LogP) is 3.66. The number of piperazine rings is 1. The molecule has 2 N–H and O–H groups in total. The highest BCUT2D eigenvalue weighted by Gasteiger charge is 2.27. The normalized spacial score (nSPS) is 13.5. The van der Waals surface area contributed by atoms with Gasteiger partial charge < -0.3 is 24.0 Å². The Hall–Kier alpha value is -4.58. The molecule has 206 valence electrons. The molecule has 4 aromatic rings. The Bertz CT molecular complexity index is 1690. The number of fused-ring (bicyclic) bond motifs is 1. The van der Waals surface area contributed by atoms with Crippen LogP contribution in [0.4, 0.5) is 10.1 Å². The lowest BCUT2D eigenvalue weighted by atomic mass is 10.1. The molecule has 0 spiro atoms. The topological polar surface area (TPSA) is 121 Å². The average molecular weight is 564 g/mol. The van der Waals surface area contributed by atoms with E-state index >= 15 is 4.39 Å². The zero-order chi connectivity index (χ0) is 28.6. The van der Waals surface area contributed by atoms with Gasteiger partial charge in [0.15, 0.2) is 5.11 Å². The van der Waals surface area contributed by atoms with Crippen molar-refractivity contribution >= 4 is 45.8 Å². The smallest absolute Gasteiger partial charge is 0.341 e. The fourth-order valence-corrected chi connectivity index (χ4v) is 5.15. The zero-order valence-corrected chi connectivity index (χ0v) is 22.6. The molecule has 1 fully saturated rings. The summed E-state index contributed by atoms with van der Waals surface area (Å²) in [5, 5.41) is 16.4. The zero-order valence-electron chi connectivity index (χ0n) is 21.8. The molecule has 0 radical (unpaired) electrons. The Morgan fingerprint density at radius 2 is 1.85 bits per heavy atom. The number of carboxylic acids is 1. The Morgan fingerprint density at radius 1 is 1.15 bits per heavy atom. The van der Waals surface area contributed by atoms with Gasteiger partial charge in [-0.1, -0.05) is 35.5 Å². The summed E-state index contributed by atoms with van der Waals surface area (Å²) in [5.74, 6) is -2.02. The number of thiocarbonyl (C=S) groups is 1. The van der Waals surface area contributed by atoms with Gasteiger partial charge in [0, 0.05) is 49.9 Å². The maximum absolute atomic E-state index is 15.2. The third-order valence-corrected chi connectivity index (χ3v) is 7.35. The quantitative estimate of drug-likeness (QED) is 0.351. The van der Waals surface area contributed by atoms with Crippen molar-refractivity contribution in [3.63, 3.8) is 0 Å². The molecule has 1 amide bonds. The van der Waals surface area contributed by atoms with Gasteiger partial charge in [0.1, 0.15) is 28.4 Å². The second-order valence-electron chi connectivity index (χ2n) is 9.35. The van der Waals surface area contributed by atoms with Crippen molar-refractivity contribution in [3.8, 4) is 11.3 Å².